The zero-order chi connectivity index (χ0) is 8.97. The van der Waals surface area contributed by atoms with E-state index in [0.29, 0.717) is 11.3 Å². The molecule has 0 saturated heterocycles. The Morgan fingerprint density at radius 3 is 3.08 bits per heavy atom. The minimum atomic E-state index is -0.310. The molecular formula is C8H10N2O2. The first-order valence-corrected chi connectivity index (χ1v) is 3.49. The summed E-state index contributed by atoms with van der Waals surface area (Å²) in [7, 11) is 1.34. The number of pyridine rings is 1. The smallest absolute Gasteiger partial charge is 0.310 e. The quantitative estimate of drug-likeness (QED) is 0.645. The first-order valence-electron chi connectivity index (χ1n) is 3.49. The molecule has 4 nitrogen and oxygen atoms in total. The molecule has 0 radical (unpaired) electrons. The largest absolute Gasteiger partial charge is 0.469 e. The Morgan fingerprint density at radius 2 is 2.50 bits per heavy atom. The first-order chi connectivity index (χ1) is 5.74. The lowest BCUT2D eigenvalue weighted by molar-refractivity contribution is -0.139. The molecule has 0 saturated carbocycles. The highest BCUT2D eigenvalue weighted by molar-refractivity contribution is 5.74. The predicted molar refractivity (Wildman–Crippen MR) is 44.4 cm³/mol. The summed E-state index contributed by atoms with van der Waals surface area (Å²) in [6.45, 7) is 0. The molecule has 0 atom stereocenters. The van der Waals surface area contributed by atoms with Crippen LogP contribution in [0.25, 0.3) is 0 Å². The van der Waals surface area contributed by atoms with Crippen molar-refractivity contribution in [2.75, 3.05) is 12.8 Å². The topological polar surface area (TPSA) is 65.2 Å². The van der Waals surface area contributed by atoms with E-state index in [1.165, 1.54) is 7.11 Å². The van der Waals surface area contributed by atoms with Crippen molar-refractivity contribution in [3.8, 4) is 0 Å². The molecule has 1 rings (SSSR count). The van der Waals surface area contributed by atoms with Gasteiger partial charge in [-0.3, -0.25) is 9.78 Å². The number of ether oxygens (including phenoxy) is 1. The standard InChI is InChI=1S/C8H10N2O2/c1-12-8(11)4-6-5-10-3-2-7(6)9/h2-3,5H,4H2,1H3,(H2,9,10). The van der Waals surface area contributed by atoms with Crippen molar-refractivity contribution in [2.24, 2.45) is 0 Å². The van der Waals surface area contributed by atoms with E-state index in [1.807, 2.05) is 0 Å². The van der Waals surface area contributed by atoms with E-state index in [0.717, 1.165) is 0 Å². The van der Waals surface area contributed by atoms with E-state index in [9.17, 15) is 4.79 Å². The summed E-state index contributed by atoms with van der Waals surface area (Å²) in [5, 5.41) is 0. The van der Waals surface area contributed by atoms with Gasteiger partial charge in [0.2, 0.25) is 0 Å². The number of carbonyl (C=O) groups excluding carboxylic acids is 1. The van der Waals surface area contributed by atoms with Crippen molar-refractivity contribution < 1.29 is 9.53 Å². The molecule has 4 heteroatoms. The molecule has 1 aromatic heterocycles. The van der Waals surface area contributed by atoms with E-state index in [-0.39, 0.29) is 12.4 Å². The normalized spacial score (nSPS) is 9.42. The molecule has 0 aliphatic rings. The second-order valence-electron chi connectivity index (χ2n) is 2.33. The van der Waals surface area contributed by atoms with Crippen LogP contribution in [0.3, 0.4) is 0 Å². The summed E-state index contributed by atoms with van der Waals surface area (Å²) in [5.41, 5.74) is 6.84. The fourth-order valence-corrected chi connectivity index (χ4v) is 0.813. The first kappa shape index (κ1) is 8.52. The van der Waals surface area contributed by atoms with Gasteiger partial charge < -0.3 is 10.5 Å². The van der Waals surface area contributed by atoms with Crippen molar-refractivity contribution in [3.05, 3.63) is 24.0 Å². The maximum absolute atomic E-state index is 10.8. The Morgan fingerprint density at radius 1 is 1.75 bits per heavy atom. The molecule has 64 valence electrons. The summed E-state index contributed by atoms with van der Waals surface area (Å²) < 4.78 is 4.49. The van der Waals surface area contributed by atoms with Crippen LogP contribution in [0.15, 0.2) is 18.5 Å². The van der Waals surface area contributed by atoms with Crippen molar-refractivity contribution in [3.63, 3.8) is 0 Å². The van der Waals surface area contributed by atoms with Crippen molar-refractivity contribution in [1.29, 1.82) is 0 Å². The SMILES string of the molecule is COC(=O)Cc1cnccc1N. The van der Waals surface area contributed by atoms with Gasteiger partial charge in [0.05, 0.1) is 13.5 Å². The number of hydrogen-bond donors (Lipinski definition) is 1. The molecule has 12 heavy (non-hydrogen) atoms. The van der Waals surface area contributed by atoms with Crippen LogP contribution in [0, 0.1) is 0 Å². The third-order valence-corrected chi connectivity index (χ3v) is 1.50. The van der Waals surface area contributed by atoms with Gasteiger partial charge in [-0.1, -0.05) is 0 Å². The molecule has 0 amide bonds. The fourth-order valence-electron chi connectivity index (χ4n) is 0.813. The van der Waals surface area contributed by atoms with Crippen LogP contribution in [0.4, 0.5) is 5.69 Å². The van der Waals surface area contributed by atoms with Gasteiger partial charge in [-0.05, 0) is 6.07 Å². The maximum Gasteiger partial charge on any atom is 0.310 e. The number of hydrogen-bond acceptors (Lipinski definition) is 4. The number of nitrogens with zero attached hydrogens (tertiary/aromatic N) is 1. The van der Waals surface area contributed by atoms with Crippen LogP contribution in [0.1, 0.15) is 5.56 Å². The minimum absolute atomic E-state index is 0.177. The monoisotopic (exact) mass is 166 g/mol. The fraction of sp³-hybridized carbons (Fsp3) is 0.250. The number of rotatable bonds is 2. The molecule has 1 heterocycles. The number of carbonyl (C=O) groups is 1. The van der Waals surface area contributed by atoms with Gasteiger partial charge in [0.25, 0.3) is 0 Å². The number of aromatic nitrogens is 1. The van der Waals surface area contributed by atoms with E-state index in [4.69, 9.17) is 5.73 Å². The maximum atomic E-state index is 10.8. The van der Waals surface area contributed by atoms with Gasteiger partial charge in [0, 0.05) is 23.6 Å². The van der Waals surface area contributed by atoms with Gasteiger partial charge in [-0.15, -0.1) is 0 Å². The Kier molecular flexibility index (Phi) is 2.63. The molecule has 0 aliphatic heterocycles. The lowest BCUT2D eigenvalue weighted by Crippen LogP contribution is -2.06. The van der Waals surface area contributed by atoms with Crippen LogP contribution in [0.2, 0.25) is 0 Å². The molecule has 0 unspecified atom stereocenters. The van der Waals surface area contributed by atoms with Gasteiger partial charge in [-0.25, -0.2) is 0 Å². The molecule has 1 aromatic rings. The molecule has 0 aliphatic carbocycles. The molecule has 2 N–H and O–H groups in total. The number of methoxy groups -OCH3 is 1. The predicted octanol–water partition coefficient (Wildman–Crippen LogP) is 0.379. The molecule has 0 spiro atoms. The highest BCUT2D eigenvalue weighted by Gasteiger charge is 2.05. The number of nitrogen functional groups attached to an aromatic ring is 1. The molecule has 0 aromatic carbocycles. The second kappa shape index (κ2) is 3.71. The molecular weight excluding hydrogens is 156 g/mol. The zero-order valence-electron chi connectivity index (χ0n) is 6.78. The highest BCUT2D eigenvalue weighted by Crippen LogP contribution is 2.09. The van der Waals surface area contributed by atoms with Crippen molar-refractivity contribution in [2.45, 2.75) is 6.42 Å². The lowest BCUT2D eigenvalue weighted by atomic mass is 10.2. The van der Waals surface area contributed by atoms with Crippen LogP contribution >= 0.6 is 0 Å². The Bertz CT molecular complexity index is 286. The Balaban J connectivity index is 2.75. The number of nitrogens with two attached hydrogens (primary N) is 1. The summed E-state index contributed by atoms with van der Waals surface area (Å²) in [4.78, 5) is 14.7. The summed E-state index contributed by atoms with van der Waals surface area (Å²) in [6, 6.07) is 1.65. The highest BCUT2D eigenvalue weighted by atomic mass is 16.5. The van der Waals surface area contributed by atoms with Gasteiger partial charge in [-0.2, -0.15) is 0 Å². The van der Waals surface area contributed by atoms with Crippen LogP contribution in [-0.4, -0.2) is 18.1 Å². The minimum Gasteiger partial charge on any atom is -0.469 e. The summed E-state index contributed by atoms with van der Waals surface area (Å²) in [6.07, 6.45) is 3.32. The average Bonchev–Trinajstić information content (AvgIpc) is 2.09. The van der Waals surface area contributed by atoms with Gasteiger partial charge >= 0.3 is 5.97 Å². The number of esters is 1. The summed E-state index contributed by atoms with van der Waals surface area (Å²) >= 11 is 0. The van der Waals surface area contributed by atoms with E-state index in [2.05, 4.69) is 9.72 Å². The zero-order valence-corrected chi connectivity index (χ0v) is 6.78. The average molecular weight is 166 g/mol. The van der Waals surface area contributed by atoms with Gasteiger partial charge in [0.1, 0.15) is 0 Å². The van der Waals surface area contributed by atoms with Gasteiger partial charge in [0.15, 0.2) is 0 Å². The number of anilines is 1. The van der Waals surface area contributed by atoms with Crippen LogP contribution in [-0.2, 0) is 16.0 Å². The Labute approximate surface area is 70.4 Å². The molecule has 0 bridgehead atoms. The second-order valence-corrected chi connectivity index (χ2v) is 2.33. The summed E-state index contributed by atoms with van der Waals surface area (Å²) in [5.74, 6) is -0.310. The van der Waals surface area contributed by atoms with E-state index >= 15 is 0 Å². The third-order valence-electron chi connectivity index (χ3n) is 1.50. The van der Waals surface area contributed by atoms with Crippen molar-refractivity contribution in [1.82, 2.24) is 4.98 Å². The van der Waals surface area contributed by atoms with Crippen LogP contribution < -0.4 is 5.73 Å². The van der Waals surface area contributed by atoms with Crippen molar-refractivity contribution >= 4 is 11.7 Å². The van der Waals surface area contributed by atoms with E-state index < -0.39 is 0 Å². The van der Waals surface area contributed by atoms with Crippen LogP contribution in [0.5, 0.6) is 0 Å². The third kappa shape index (κ3) is 1.95. The van der Waals surface area contributed by atoms with E-state index in [1.54, 1.807) is 18.5 Å². The Hall–Kier alpha value is -1.58. The molecule has 0 fully saturated rings. The lowest BCUT2D eigenvalue weighted by Gasteiger charge is -2.01.